The lowest BCUT2D eigenvalue weighted by molar-refractivity contribution is -0.139. The van der Waals surface area contributed by atoms with Crippen molar-refractivity contribution in [3.8, 4) is 5.75 Å². The number of fused-ring (bicyclic) bond motifs is 1. The number of carbonyl (C=O) groups is 3. The maximum absolute atomic E-state index is 12.5. The second-order valence-corrected chi connectivity index (χ2v) is 7.10. The maximum Gasteiger partial charge on any atom is 0.319 e. The average Bonchev–Trinajstić information content (AvgIpc) is 3.21. The largest absolute Gasteiger partial charge is 0.508 e. The van der Waals surface area contributed by atoms with Crippen LogP contribution in [0.2, 0.25) is 0 Å². The molecule has 3 N–H and O–H groups in total. The molecule has 0 radical (unpaired) electrons. The number of urea groups is 1. The number of nitrogens with one attached hydrogen (secondary N) is 2. The van der Waals surface area contributed by atoms with Crippen molar-refractivity contribution in [3.63, 3.8) is 0 Å². The lowest BCUT2D eigenvalue weighted by Gasteiger charge is -2.19. The van der Waals surface area contributed by atoms with Crippen molar-refractivity contribution in [2.75, 3.05) is 5.32 Å². The number of hydrogen-bond donors (Lipinski definition) is 3. The normalized spacial score (nSPS) is 18.3. The van der Waals surface area contributed by atoms with E-state index < -0.39 is 0 Å². The Hall–Kier alpha value is -3.35. The van der Waals surface area contributed by atoms with E-state index in [2.05, 4.69) is 10.6 Å². The number of hydrogen-bond acceptors (Lipinski definition) is 4. The van der Waals surface area contributed by atoms with Gasteiger partial charge in [0.15, 0.2) is 0 Å². The van der Waals surface area contributed by atoms with E-state index in [1.165, 1.54) is 4.90 Å². The number of phenolic OH excluding ortho intramolecular Hbond substituents is 1. The molecule has 1 heterocycles. The molecule has 4 rings (SSSR count). The number of nitrogens with zero attached hydrogens (tertiary/aromatic N) is 1. The minimum atomic E-state index is -0.368. The van der Waals surface area contributed by atoms with E-state index in [1.807, 2.05) is 6.07 Å². The molecule has 0 saturated carbocycles. The summed E-state index contributed by atoms with van der Waals surface area (Å²) < 4.78 is 0. The number of benzene rings is 2. The zero-order valence-electron chi connectivity index (χ0n) is 15.3. The van der Waals surface area contributed by atoms with Gasteiger partial charge in [0, 0.05) is 18.5 Å². The zero-order chi connectivity index (χ0) is 19.7. The summed E-state index contributed by atoms with van der Waals surface area (Å²) in [5, 5.41) is 15.5. The van der Waals surface area contributed by atoms with Gasteiger partial charge in [-0.3, -0.25) is 14.5 Å². The second kappa shape index (κ2) is 7.34. The van der Waals surface area contributed by atoms with Gasteiger partial charge in [-0.2, -0.15) is 0 Å². The minimum absolute atomic E-state index is 0.147. The number of para-hydroxylation sites is 1. The third-order valence-electron chi connectivity index (χ3n) is 5.26. The van der Waals surface area contributed by atoms with Gasteiger partial charge in [0.25, 0.3) is 0 Å². The van der Waals surface area contributed by atoms with Gasteiger partial charge < -0.3 is 15.7 Å². The lowest BCUT2D eigenvalue weighted by Crippen LogP contribution is -2.33. The Balaban J connectivity index is 1.45. The molecule has 4 amide bonds. The summed E-state index contributed by atoms with van der Waals surface area (Å²) in [4.78, 5) is 37.5. The van der Waals surface area contributed by atoms with Crippen LogP contribution in [-0.2, 0) is 22.6 Å². The molecule has 1 saturated heterocycles. The number of aryl methyl sites for hydroxylation is 1. The highest BCUT2D eigenvalue weighted by molar-refractivity contribution is 6.02. The molecule has 0 aromatic heterocycles. The van der Waals surface area contributed by atoms with E-state index in [9.17, 15) is 19.5 Å². The van der Waals surface area contributed by atoms with Gasteiger partial charge in [-0.05, 0) is 47.7 Å². The number of rotatable bonds is 4. The van der Waals surface area contributed by atoms with Crippen LogP contribution in [-0.4, -0.2) is 27.9 Å². The summed E-state index contributed by atoms with van der Waals surface area (Å²) in [7, 11) is 0. The Labute approximate surface area is 162 Å². The number of likely N-dealkylation sites (tertiary alicyclic amines) is 1. The Bertz CT molecular complexity index is 940. The predicted octanol–water partition coefficient (Wildman–Crippen LogP) is 2.85. The third-order valence-corrected chi connectivity index (χ3v) is 5.26. The first-order valence-corrected chi connectivity index (χ1v) is 9.31. The third kappa shape index (κ3) is 3.55. The number of phenols is 1. The Morgan fingerprint density at radius 1 is 1.07 bits per heavy atom. The molecular weight excluding hydrogens is 358 g/mol. The van der Waals surface area contributed by atoms with Crippen LogP contribution in [0.4, 0.5) is 10.5 Å². The van der Waals surface area contributed by atoms with Crippen LogP contribution in [0.15, 0.2) is 42.5 Å². The molecule has 7 heteroatoms. The van der Waals surface area contributed by atoms with Crippen molar-refractivity contribution in [2.45, 2.75) is 38.3 Å². The molecular formula is C21H21N3O4. The molecule has 1 unspecified atom stereocenters. The molecule has 1 atom stereocenters. The highest BCUT2D eigenvalue weighted by Gasteiger charge is 2.29. The van der Waals surface area contributed by atoms with Crippen molar-refractivity contribution in [1.82, 2.24) is 10.2 Å². The SMILES string of the molecule is O=C(Nc1ccccc1CN1C(=O)CCC1=O)NC1CCc2ccc(O)cc21. The van der Waals surface area contributed by atoms with E-state index in [0.29, 0.717) is 11.3 Å². The average molecular weight is 379 g/mol. The first-order valence-electron chi connectivity index (χ1n) is 9.31. The molecule has 1 aliphatic carbocycles. The van der Waals surface area contributed by atoms with E-state index in [0.717, 1.165) is 24.0 Å². The van der Waals surface area contributed by atoms with Gasteiger partial charge in [0.1, 0.15) is 5.75 Å². The van der Waals surface area contributed by atoms with Crippen LogP contribution in [0.3, 0.4) is 0 Å². The van der Waals surface area contributed by atoms with Crippen molar-refractivity contribution in [1.29, 1.82) is 0 Å². The second-order valence-electron chi connectivity index (χ2n) is 7.10. The number of amides is 4. The minimum Gasteiger partial charge on any atom is -0.508 e. The smallest absolute Gasteiger partial charge is 0.319 e. The number of imide groups is 1. The van der Waals surface area contributed by atoms with E-state index in [4.69, 9.17) is 0 Å². The van der Waals surface area contributed by atoms with Crippen molar-refractivity contribution < 1.29 is 19.5 Å². The van der Waals surface area contributed by atoms with Gasteiger partial charge in [0.05, 0.1) is 12.6 Å². The molecule has 0 spiro atoms. The summed E-state index contributed by atoms with van der Waals surface area (Å²) in [5.41, 5.74) is 3.30. The summed E-state index contributed by atoms with van der Waals surface area (Å²) in [6.07, 6.45) is 2.09. The highest BCUT2D eigenvalue weighted by atomic mass is 16.3. The van der Waals surface area contributed by atoms with Crippen LogP contribution in [0.25, 0.3) is 0 Å². The van der Waals surface area contributed by atoms with Gasteiger partial charge in [0.2, 0.25) is 11.8 Å². The standard InChI is InChI=1S/C21H21N3O4/c25-15-7-5-13-6-8-18(16(13)11-15)23-21(28)22-17-4-2-1-3-14(17)12-24-19(26)9-10-20(24)27/h1-5,7,11,18,25H,6,8-10,12H2,(H2,22,23,28). The summed E-state index contributed by atoms with van der Waals surface area (Å²) in [6, 6.07) is 11.8. The molecule has 0 bridgehead atoms. The molecule has 7 nitrogen and oxygen atoms in total. The van der Waals surface area contributed by atoms with Gasteiger partial charge in [-0.25, -0.2) is 4.79 Å². The van der Waals surface area contributed by atoms with Gasteiger partial charge >= 0.3 is 6.03 Å². The quantitative estimate of drug-likeness (QED) is 0.712. The van der Waals surface area contributed by atoms with E-state index in [1.54, 1.807) is 36.4 Å². The molecule has 1 aliphatic heterocycles. The van der Waals surface area contributed by atoms with Crippen LogP contribution in [0, 0.1) is 0 Å². The first kappa shape index (κ1) is 18.0. The van der Waals surface area contributed by atoms with Crippen molar-refractivity contribution in [3.05, 3.63) is 59.2 Å². The van der Waals surface area contributed by atoms with Crippen LogP contribution >= 0.6 is 0 Å². The molecule has 144 valence electrons. The highest BCUT2D eigenvalue weighted by Crippen LogP contribution is 2.33. The van der Waals surface area contributed by atoms with Crippen molar-refractivity contribution >= 4 is 23.5 Å². The zero-order valence-corrected chi connectivity index (χ0v) is 15.3. The molecule has 28 heavy (non-hydrogen) atoms. The molecule has 2 aromatic rings. The van der Waals surface area contributed by atoms with Crippen LogP contribution in [0.5, 0.6) is 5.75 Å². The Morgan fingerprint density at radius 2 is 1.82 bits per heavy atom. The predicted molar refractivity (Wildman–Crippen MR) is 103 cm³/mol. The summed E-state index contributed by atoms with van der Waals surface area (Å²) in [6.45, 7) is 0.147. The van der Waals surface area contributed by atoms with Crippen LogP contribution in [0.1, 0.15) is 42.0 Å². The Morgan fingerprint density at radius 3 is 2.61 bits per heavy atom. The lowest BCUT2D eigenvalue weighted by atomic mass is 10.1. The number of anilines is 1. The van der Waals surface area contributed by atoms with E-state index >= 15 is 0 Å². The van der Waals surface area contributed by atoms with Gasteiger partial charge in [-0.1, -0.05) is 24.3 Å². The maximum atomic E-state index is 12.5. The van der Waals surface area contributed by atoms with Crippen LogP contribution < -0.4 is 10.6 Å². The topological polar surface area (TPSA) is 98.7 Å². The molecule has 1 fully saturated rings. The molecule has 2 aromatic carbocycles. The van der Waals surface area contributed by atoms with E-state index in [-0.39, 0.29) is 49.0 Å². The fourth-order valence-electron chi connectivity index (χ4n) is 3.81. The van der Waals surface area contributed by atoms with Crippen molar-refractivity contribution in [2.24, 2.45) is 0 Å². The number of aromatic hydroxyl groups is 1. The number of carbonyl (C=O) groups excluding carboxylic acids is 3. The van der Waals surface area contributed by atoms with Gasteiger partial charge in [-0.15, -0.1) is 0 Å². The molecule has 2 aliphatic rings. The fourth-order valence-corrected chi connectivity index (χ4v) is 3.81. The fraction of sp³-hybridized carbons (Fsp3) is 0.286. The summed E-state index contributed by atoms with van der Waals surface area (Å²) in [5.74, 6) is -0.198. The Kier molecular flexibility index (Phi) is 4.73. The first-order chi connectivity index (χ1) is 13.5. The summed E-state index contributed by atoms with van der Waals surface area (Å²) >= 11 is 0. The monoisotopic (exact) mass is 379 g/mol.